The van der Waals surface area contributed by atoms with Gasteiger partial charge in [0.2, 0.25) is 11.8 Å². The van der Waals surface area contributed by atoms with Gasteiger partial charge in [-0.05, 0) is 42.8 Å². The average Bonchev–Trinajstić information content (AvgIpc) is 2.66. The molecule has 8 nitrogen and oxygen atoms in total. The number of nitrogens with zero attached hydrogens (tertiary/aromatic N) is 1. The third-order valence-electron chi connectivity index (χ3n) is 3.64. The Kier molecular flexibility index (Phi) is 8.21. The van der Waals surface area contributed by atoms with Crippen LogP contribution in [0.25, 0.3) is 0 Å². The van der Waals surface area contributed by atoms with Crippen molar-refractivity contribution in [2.75, 3.05) is 38.5 Å². The van der Waals surface area contributed by atoms with E-state index in [1.54, 1.807) is 37.6 Å². The first-order valence-electron chi connectivity index (χ1n) is 8.69. The minimum atomic E-state index is -3.23. The van der Waals surface area contributed by atoms with E-state index in [-0.39, 0.29) is 17.2 Å². The van der Waals surface area contributed by atoms with E-state index < -0.39 is 9.84 Å². The van der Waals surface area contributed by atoms with Gasteiger partial charge >= 0.3 is 0 Å². The quantitative estimate of drug-likeness (QED) is 0.569. The summed E-state index contributed by atoms with van der Waals surface area (Å²) in [6.07, 6.45) is 3.49. The number of benzene rings is 1. The number of sulfone groups is 1. The Bertz CT molecular complexity index is 868. The number of nitrogens with one attached hydrogen (secondary N) is 1. The highest BCUT2D eigenvalue weighted by atomic mass is 32.2. The molecule has 1 N–H and O–H groups in total. The molecule has 0 spiro atoms. The van der Waals surface area contributed by atoms with E-state index in [1.165, 1.54) is 12.1 Å². The Balaban J connectivity index is 1.76. The standard InChI is InChI=1S/C19H24N2O6S/c1-25-13-14-27-19-17(5-3-11-20-19)21-18(22)6-4-12-26-15-7-9-16(10-8-15)28(2,23)24/h3,5,7-11H,4,6,12-14H2,1-2H3,(H,21,22). The molecule has 0 atom stereocenters. The number of carbonyl (C=O) groups is 1. The summed E-state index contributed by atoms with van der Waals surface area (Å²) in [5.74, 6) is 0.713. The number of hydrogen-bond acceptors (Lipinski definition) is 7. The van der Waals surface area contributed by atoms with E-state index in [1.807, 2.05) is 0 Å². The van der Waals surface area contributed by atoms with Crippen LogP contribution in [0, 0.1) is 0 Å². The van der Waals surface area contributed by atoms with E-state index in [9.17, 15) is 13.2 Å². The van der Waals surface area contributed by atoms with Gasteiger partial charge in [0.15, 0.2) is 9.84 Å². The van der Waals surface area contributed by atoms with Gasteiger partial charge in [-0.2, -0.15) is 0 Å². The highest BCUT2D eigenvalue weighted by Gasteiger charge is 2.09. The van der Waals surface area contributed by atoms with Crippen molar-refractivity contribution in [2.45, 2.75) is 17.7 Å². The lowest BCUT2D eigenvalue weighted by molar-refractivity contribution is -0.116. The first-order chi connectivity index (χ1) is 13.4. The van der Waals surface area contributed by atoms with Crippen LogP contribution < -0.4 is 14.8 Å². The number of amides is 1. The van der Waals surface area contributed by atoms with E-state index in [2.05, 4.69) is 10.3 Å². The highest BCUT2D eigenvalue weighted by molar-refractivity contribution is 7.90. The first-order valence-corrected chi connectivity index (χ1v) is 10.6. The molecule has 0 aliphatic heterocycles. The topological polar surface area (TPSA) is 104 Å². The van der Waals surface area contributed by atoms with Crippen molar-refractivity contribution in [3.63, 3.8) is 0 Å². The number of ether oxygens (including phenoxy) is 3. The van der Waals surface area contributed by atoms with Crippen LogP contribution in [0.2, 0.25) is 0 Å². The van der Waals surface area contributed by atoms with Crippen molar-refractivity contribution in [2.24, 2.45) is 0 Å². The lowest BCUT2D eigenvalue weighted by Crippen LogP contribution is -2.15. The van der Waals surface area contributed by atoms with Crippen LogP contribution in [0.5, 0.6) is 11.6 Å². The number of hydrogen-bond donors (Lipinski definition) is 1. The summed E-state index contributed by atoms with van der Waals surface area (Å²) in [5.41, 5.74) is 0.501. The molecule has 0 bridgehead atoms. The Labute approximate surface area is 164 Å². The van der Waals surface area contributed by atoms with Crippen LogP contribution in [0.1, 0.15) is 12.8 Å². The largest absolute Gasteiger partial charge is 0.494 e. The third-order valence-corrected chi connectivity index (χ3v) is 4.77. The van der Waals surface area contributed by atoms with Crippen LogP contribution in [0.4, 0.5) is 5.69 Å². The molecule has 0 aliphatic carbocycles. The molecule has 28 heavy (non-hydrogen) atoms. The first kappa shape index (κ1) is 21.6. The maximum Gasteiger partial charge on any atom is 0.237 e. The number of pyridine rings is 1. The second-order valence-electron chi connectivity index (χ2n) is 5.94. The van der Waals surface area contributed by atoms with Gasteiger partial charge in [0.1, 0.15) is 18.0 Å². The fraction of sp³-hybridized carbons (Fsp3) is 0.368. The van der Waals surface area contributed by atoms with Gasteiger partial charge in [-0.3, -0.25) is 4.79 Å². The summed E-state index contributed by atoms with van der Waals surface area (Å²) in [7, 11) is -1.65. The summed E-state index contributed by atoms with van der Waals surface area (Å²) in [6.45, 7) is 1.09. The van der Waals surface area contributed by atoms with Crippen molar-refractivity contribution in [1.29, 1.82) is 0 Å². The van der Waals surface area contributed by atoms with Gasteiger partial charge < -0.3 is 19.5 Å². The number of anilines is 1. The fourth-order valence-corrected chi connectivity index (χ4v) is 2.87. The lowest BCUT2D eigenvalue weighted by Gasteiger charge is -2.11. The van der Waals surface area contributed by atoms with Crippen LogP contribution >= 0.6 is 0 Å². The molecule has 2 aromatic rings. The lowest BCUT2D eigenvalue weighted by atomic mass is 10.3. The fourth-order valence-electron chi connectivity index (χ4n) is 2.24. The minimum absolute atomic E-state index is 0.180. The molecule has 1 aromatic carbocycles. The molecule has 9 heteroatoms. The average molecular weight is 408 g/mol. The van der Waals surface area contributed by atoms with Crippen LogP contribution in [-0.4, -0.2) is 52.5 Å². The number of methoxy groups -OCH3 is 1. The molecule has 1 amide bonds. The second kappa shape index (κ2) is 10.6. The van der Waals surface area contributed by atoms with Crippen LogP contribution in [0.15, 0.2) is 47.5 Å². The van der Waals surface area contributed by atoms with E-state index >= 15 is 0 Å². The van der Waals surface area contributed by atoms with Crippen molar-refractivity contribution >= 4 is 21.4 Å². The molecule has 2 rings (SSSR count). The summed E-state index contributed by atoms with van der Waals surface area (Å²) in [6, 6.07) is 9.59. The van der Waals surface area contributed by atoms with Crippen molar-refractivity contribution in [3.8, 4) is 11.6 Å². The number of rotatable bonds is 11. The van der Waals surface area contributed by atoms with Crippen molar-refractivity contribution < 1.29 is 27.4 Å². The summed E-state index contributed by atoms with van der Waals surface area (Å²) < 4.78 is 38.8. The van der Waals surface area contributed by atoms with Gasteiger partial charge in [0.25, 0.3) is 0 Å². The van der Waals surface area contributed by atoms with E-state index in [4.69, 9.17) is 14.2 Å². The second-order valence-corrected chi connectivity index (χ2v) is 7.96. The third kappa shape index (κ3) is 7.16. The maximum atomic E-state index is 12.1. The zero-order valence-electron chi connectivity index (χ0n) is 15.9. The molecule has 0 radical (unpaired) electrons. The number of aromatic nitrogens is 1. The van der Waals surface area contributed by atoms with Crippen molar-refractivity contribution in [1.82, 2.24) is 4.98 Å². The van der Waals surface area contributed by atoms with Gasteiger partial charge in [-0.1, -0.05) is 0 Å². The Morgan fingerprint density at radius 2 is 1.82 bits per heavy atom. The zero-order chi connectivity index (χ0) is 20.4. The monoisotopic (exact) mass is 408 g/mol. The molecule has 1 heterocycles. The number of carbonyl (C=O) groups excluding carboxylic acids is 1. The zero-order valence-corrected chi connectivity index (χ0v) is 16.7. The smallest absolute Gasteiger partial charge is 0.237 e. The highest BCUT2D eigenvalue weighted by Crippen LogP contribution is 2.21. The van der Waals surface area contributed by atoms with E-state index in [0.29, 0.717) is 43.6 Å². The molecule has 0 unspecified atom stereocenters. The molecule has 0 saturated heterocycles. The summed E-state index contributed by atoms with van der Waals surface area (Å²) >= 11 is 0. The SMILES string of the molecule is COCCOc1ncccc1NC(=O)CCCOc1ccc(S(C)(=O)=O)cc1. The molecule has 152 valence electrons. The predicted octanol–water partition coefficient (Wildman–Crippen LogP) is 2.31. The Morgan fingerprint density at radius 1 is 1.07 bits per heavy atom. The van der Waals surface area contributed by atoms with Gasteiger partial charge in [-0.25, -0.2) is 13.4 Å². The maximum absolute atomic E-state index is 12.1. The molecule has 1 aromatic heterocycles. The summed E-state index contributed by atoms with van der Waals surface area (Å²) in [5, 5.41) is 2.77. The van der Waals surface area contributed by atoms with Gasteiger partial charge in [0, 0.05) is 26.0 Å². The van der Waals surface area contributed by atoms with Crippen LogP contribution in [0.3, 0.4) is 0 Å². The van der Waals surface area contributed by atoms with Gasteiger partial charge in [0.05, 0.1) is 18.1 Å². The minimum Gasteiger partial charge on any atom is -0.494 e. The van der Waals surface area contributed by atoms with Crippen molar-refractivity contribution in [3.05, 3.63) is 42.6 Å². The molecule has 0 fully saturated rings. The van der Waals surface area contributed by atoms with E-state index in [0.717, 1.165) is 6.26 Å². The Hall–Kier alpha value is -2.65. The summed E-state index contributed by atoms with van der Waals surface area (Å²) in [4.78, 5) is 16.5. The molecule has 0 saturated carbocycles. The molecular formula is C19H24N2O6S. The Morgan fingerprint density at radius 3 is 2.50 bits per heavy atom. The molecular weight excluding hydrogens is 384 g/mol. The van der Waals surface area contributed by atoms with Gasteiger partial charge in [-0.15, -0.1) is 0 Å². The molecule has 0 aliphatic rings. The predicted molar refractivity (Wildman–Crippen MR) is 105 cm³/mol. The normalized spacial score (nSPS) is 11.1. The van der Waals surface area contributed by atoms with Crippen LogP contribution in [-0.2, 0) is 19.4 Å².